The van der Waals surface area contributed by atoms with Crippen molar-refractivity contribution in [2.24, 2.45) is 5.92 Å². The van der Waals surface area contributed by atoms with Crippen LogP contribution in [0.4, 0.5) is 0 Å². The maximum Gasteiger partial charge on any atom is 0.220 e. The van der Waals surface area contributed by atoms with Crippen LogP contribution in [0.2, 0.25) is 0 Å². The van der Waals surface area contributed by atoms with E-state index in [1.165, 1.54) is 5.56 Å². The predicted octanol–water partition coefficient (Wildman–Crippen LogP) is 2.70. The van der Waals surface area contributed by atoms with E-state index in [0.717, 1.165) is 0 Å². The van der Waals surface area contributed by atoms with Crippen LogP contribution in [0.15, 0.2) is 30.3 Å². The fourth-order valence-electron chi connectivity index (χ4n) is 2.13. The summed E-state index contributed by atoms with van der Waals surface area (Å²) < 4.78 is 0. The molecular formula is C16H25NO2. The Hall–Kier alpha value is -1.35. The zero-order chi connectivity index (χ0) is 14.3. The van der Waals surface area contributed by atoms with E-state index in [-0.39, 0.29) is 17.9 Å². The highest BCUT2D eigenvalue weighted by Gasteiger charge is 2.19. The van der Waals surface area contributed by atoms with Crippen LogP contribution in [0.5, 0.6) is 0 Å². The Morgan fingerprint density at radius 2 is 1.84 bits per heavy atom. The smallest absolute Gasteiger partial charge is 0.220 e. The van der Waals surface area contributed by atoms with Gasteiger partial charge >= 0.3 is 0 Å². The molecule has 1 amide bonds. The molecule has 0 saturated carbocycles. The quantitative estimate of drug-likeness (QED) is 0.794. The predicted molar refractivity (Wildman–Crippen MR) is 77.9 cm³/mol. The molecule has 0 bridgehead atoms. The summed E-state index contributed by atoms with van der Waals surface area (Å²) >= 11 is 0. The van der Waals surface area contributed by atoms with Gasteiger partial charge in [-0.15, -0.1) is 0 Å². The molecule has 3 heteroatoms. The number of rotatable bonds is 7. The zero-order valence-corrected chi connectivity index (χ0v) is 12.1. The van der Waals surface area contributed by atoms with Gasteiger partial charge in [-0.2, -0.15) is 0 Å². The molecule has 2 N–H and O–H groups in total. The van der Waals surface area contributed by atoms with Crippen LogP contribution >= 0.6 is 0 Å². The lowest BCUT2D eigenvalue weighted by molar-refractivity contribution is -0.121. The van der Waals surface area contributed by atoms with E-state index >= 15 is 0 Å². The van der Waals surface area contributed by atoms with Crippen molar-refractivity contribution in [1.82, 2.24) is 5.32 Å². The summed E-state index contributed by atoms with van der Waals surface area (Å²) in [4.78, 5) is 11.9. The average molecular weight is 263 g/mol. The lowest BCUT2D eigenvalue weighted by atomic mass is 9.85. The van der Waals surface area contributed by atoms with Gasteiger partial charge in [-0.3, -0.25) is 4.79 Å². The molecule has 0 heterocycles. The molecule has 0 saturated heterocycles. The van der Waals surface area contributed by atoms with Crippen LogP contribution in [0, 0.1) is 5.92 Å². The molecule has 0 radical (unpaired) electrons. The standard InChI is InChI=1S/C16H25NO2/c1-12(2)15(14-7-5-4-6-8-14)11-16(19)17-10-9-13(3)18/h4-8,12-13,15,18H,9-11H2,1-3H3,(H,17,19). The molecule has 106 valence electrons. The monoisotopic (exact) mass is 263 g/mol. The normalized spacial score (nSPS) is 14.2. The first-order chi connectivity index (χ1) is 9.00. The van der Waals surface area contributed by atoms with Crippen molar-refractivity contribution >= 4 is 5.91 Å². The van der Waals surface area contributed by atoms with Crippen LogP contribution in [0.3, 0.4) is 0 Å². The SMILES string of the molecule is CC(O)CCNC(=O)CC(c1ccccc1)C(C)C. The fourth-order valence-corrected chi connectivity index (χ4v) is 2.13. The molecule has 2 unspecified atom stereocenters. The van der Waals surface area contributed by atoms with E-state index in [9.17, 15) is 4.79 Å². The second-order valence-electron chi connectivity index (χ2n) is 5.45. The Morgan fingerprint density at radius 1 is 1.21 bits per heavy atom. The maximum absolute atomic E-state index is 11.9. The van der Waals surface area contributed by atoms with E-state index in [0.29, 0.717) is 25.3 Å². The van der Waals surface area contributed by atoms with Crippen molar-refractivity contribution in [2.75, 3.05) is 6.54 Å². The fraction of sp³-hybridized carbons (Fsp3) is 0.562. The number of benzene rings is 1. The summed E-state index contributed by atoms with van der Waals surface area (Å²) in [6, 6.07) is 10.2. The van der Waals surface area contributed by atoms with Crippen LogP contribution in [-0.2, 0) is 4.79 Å². The first kappa shape index (κ1) is 15.7. The van der Waals surface area contributed by atoms with Gasteiger partial charge in [-0.1, -0.05) is 44.2 Å². The number of aliphatic hydroxyl groups is 1. The lowest BCUT2D eigenvalue weighted by Gasteiger charge is -2.21. The van der Waals surface area contributed by atoms with E-state index < -0.39 is 0 Å². The topological polar surface area (TPSA) is 49.3 Å². The van der Waals surface area contributed by atoms with Crippen LogP contribution in [-0.4, -0.2) is 23.7 Å². The second kappa shape index (κ2) is 7.95. The summed E-state index contributed by atoms with van der Waals surface area (Å²) in [6.07, 6.45) is 0.737. The summed E-state index contributed by atoms with van der Waals surface area (Å²) in [5, 5.41) is 12.0. The minimum Gasteiger partial charge on any atom is -0.393 e. The van der Waals surface area contributed by atoms with Crippen molar-refractivity contribution in [1.29, 1.82) is 0 Å². The summed E-state index contributed by atoms with van der Waals surface area (Å²) in [5.74, 6) is 0.723. The summed E-state index contributed by atoms with van der Waals surface area (Å²) in [5.41, 5.74) is 1.21. The van der Waals surface area contributed by atoms with Crippen molar-refractivity contribution in [3.8, 4) is 0 Å². The van der Waals surface area contributed by atoms with E-state index in [4.69, 9.17) is 5.11 Å². The van der Waals surface area contributed by atoms with E-state index in [1.54, 1.807) is 6.92 Å². The molecule has 0 aliphatic rings. The number of nitrogens with one attached hydrogen (secondary N) is 1. The van der Waals surface area contributed by atoms with Gasteiger partial charge in [0.25, 0.3) is 0 Å². The molecule has 0 aromatic heterocycles. The van der Waals surface area contributed by atoms with Gasteiger partial charge in [-0.05, 0) is 30.7 Å². The summed E-state index contributed by atoms with van der Waals surface area (Å²) in [7, 11) is 0. The van der Waals surface area contributed by atoms with Gasteiger partial charge in [0.2, 0.25) is 5.91 Å². The number of aliphatic hydroxyl groups excluding tert-OH is 1. The highest BCUT2D eigenvalue weighted by atomic mass is 16.3. The lowest BCUT2D eigenvalue weighted by Crippen LogP contribution is -2.28. The molecule has 0 aliphatic heterocycles. The van der Waals surface area contributed by atoms with Crippen LogP contribution in [0.1, 0.15) is 45.1 Å². The maximum atomic E-state index is 11.9. The van der Waals surface area contributed by atoms with E-state index in [2.05, 4.69) is 31.3 Å². The molecule has 2 atom stereocenters. The van der Waals surface area contributed by atoms with Crippen LogP contribution in [0.25, 0.3) is 0 Å². The first-order valence-corrected chi connectivity index (χ1v) is 7.00. The minimum atomic E-state index is -0.365. The Kier molecular flexibility index (Phi) is 6.57. The van der Waals surface area contributed by atoms with E-state index in [1.807, 2.05) is 18.2 Å². The third-order valence-electron chi connectivity index (χ3n) is 3.32. The molecular weight excluding hydrogens is 238 g/mol. The second-order valence-corrected chi connectivity index (χ2v) is 5.45. The van der Waals surface area contributed by atoms with Gasteiger partial charge in [0, 0.05) is 13.0 Å². The largest absolute Gasteiger partial charge is 0.393 e. The zero-order valence-electron chi connectivity index (χ0n) is 12.1. The van der Waals surface area contributed by atoms with Gasteiger partial charge < -0.3 is 10.4 Å². The Bertz CT molecular complexity index is 374. The van der Waals surface area contributed by atoms with Crippen molar-refractivity contribution in [3.63, 3.8) is 0 Å². The Morgan fingerprint density at radius 3 is 2.37 bits per heavy atom. The molecule has 1 aromatic rings. The molecule has 3 nitrogen and oxygen atoms in total. The molecule has 19 heavy (non-hydrogen) atoms. The number of hydrogen-bond donors (Lipinski definition) is 2. The first-order valence-electron chi connectivity index (χ1n) is 7.00. The highest BCUT2D eigenvalue weighted by molar-refractivity contribution is 5.76. The van der Waals surface area contributed by atoms with Gasteiger partial charge in [0.15, 0.2) is 0 Å². The molecule has 0 spiro atoms. The summed E-state index contributed by atoms with van der Waals surface area (Å²) in [6.45, 7) is 6.55. The van der Waals surface area contributed by atoms with Gasteiger partial charge in [0.05, 0.1) is 6.10 Å². The highest BCUT2D eigenvalue weighted by Crippen LogP contribution is 2.27. The van der Waals surface area contributed by atoms with Crippen molar-refractivity contribution in [3.05, 3.63) is 35.9 Å². The number of amides is 1. The van der Waals surface area contributed by atoms with Gasteiger partial charge in [-0.25, -0.2) is 0 Å². The third kappa shape index (κ3) is 5.88. The Balaban J connectivity index is 2.53. The molecule has 0 aliphatic carbocycles. The molecule has 1 rings (SSSR count). The van der Waals surface area contributed by atoms with Crippen LogP contribution < -0.4 is 5.32 Å². The number of carbonyl (C=O) groups excluding carboxylic acids is 1. The minimum absolute atomic E-state index is 0.0585. The van der Waals surface area contributed by atoms with Crippen molar-refractivity contribution < 1.29 is 9.90 Å². The van der Waals surface area contributed by atoms with Crippen molar-refractivity contribution in [2.45, 2.75) is 45.6 Å². The average Bonchev–Trinajstić information content (AvgIpc) is 2.36. The number of hydrogen-bond acceptors (Lipinski definition) is 2. The molecule has 1 aromatic carbocycles. The van der Waals surface area contributed by atoms with Gasteiger partial charge in [0.1, 0.15) is 0 Å². The third-order valence-corrected chi connectivity index (χ3v) is 3.32. The Labute approximate surface area is 116 Å². The molecule has 0 fully saturated rings. The number of carbonyl (C=O) groups is 1.